The molecule has 92 valence electrons. The van der Waals surface area contributed by atoms with Crippen LogP contribution in [0.25, 0.3) is 0 Å². The summed E-state index contributed by atoms with van der Waals surface area (Å²) < 4.78 is 10.1. The van der Waals surface area contributed by atoms with Gasteiger partial charge in [-0.3, -0.25) is 0 Å². The Hall–Kier alpha value is -0.120. The quantitative estimate of drug-likeness (QED) is 0.567. The highest BCUT2D eigenvalue weighted by Gasteiger charge is 2.08. The van der Waals surface area contributed by atoms with Gasteiger partial charge in [0.05, 0.1) is 6.61 Å². The van der Waals surface area contributed by atoms with Crippen LogP contribution in [0.3, 0.4) is 0 Å². The molecule has 3 nitrogen and oxygen atoms in total. The molecule has 0 fully saturated rings. The predicted octanol–water partition coefficient (Wildman–Crippen LogP) is 1.92. The molecule has 0 amide bonds. The van der Waals surface area contributed by atoms with E-state index >= 15 is 0 Å². The summed E-state index contributed by atoms with van der Waals surface area (Å²) >= 11 is 0. The molecule has 0 spiro atoms. The predicted molar refractivity (Wildman–Crippen MR) is 64.2 cm³/mol. The van der Waals surface area contributed by atoms with Gasteiger partial charge >= 0.3 is 0 Å². The normalized spacial score (nSPS) is 15.2. The van der Waals surface area contributed by atoms with E-state index in [1.807, 2.05) is 0 Å². The van der Waals surface area contributed by atoms with Crippen molar-refractivity contribution in [3.63, 3.8) is 0 Å². The van der Waals surface area contributed by atoms with E-state index < -0.39 is 0 Å². The Morgan fingerprint density at radius 2 is 1.67 bits per heavy atom. The summed E-state index contributed by atoms with van der Waals surface area (Å²) in [4.78, 5) is 0. The van der Waals surface area contributed by atoms with Gasteiger partial charge in [-0.15, -0.1) is 0 Å². The van der Waals surface area contributed by atoms with Crippen molar-refractivity contribution in [3.05, 3.63) is 0 Å². The van der Waals surface area contributed by atoms with Crippen LogP contribution >= 0.6 is 0 Å². The van der Waals surface area contributed by atoms with Crippen LogP contribution in [0.2, 0.25) is 0 Å². The lowest BCUT2D eigenvalue weighted by Gasteiger charge is -2.17. The van der Waals surface area contributed by atoms with E-state index in [2.05, 4.69) is 19.2 Å². The summed E-state index contributed by atoms with van der Waals surface area (Å²) in [5.41, 5.74) is 0. The molecule has 0 bridgehead atoms. The zero-order valence-corrected chi connectivity index (χ0v) is 10.7. The maximum Gasteiger partial charge on any atom is 0.0587 e. The highest BCUT2D eigenvalue weighted by molar-refractivity contribution is 4.62. The third-order valence-corrected chi connectivity index (χ3v) is 2.60. The summed E-state index contributed by atoms with van der Waals surface area (Å²) in [5.74, 6) is 1.48. The summed E-state index contributed by atoms with van der Waals surface area (Å²) in [6, 6.07) is 0. The second-order valence-electron chi connectivity index (χ2n) is 4.42. The van der Waals surface area contributed by atoms with Gasteiger partial charge in [-0.2, -0.15) is 0 Å². The SMILES string of the molecule is COCCNCC(C)CC(C)CCOC. The van der Waals surface area contributed by atoms with Gasteiger partial charge in [0.15, 0.2) is 0 Å². The van der Waals surface area contributed by atoms with Gasteiger partial charge in [0.25, 0.3) is 0 Å². The number of methoxy groups -OCH3 is 2. The molecule has 0 heterocycles. The van der Waals surface area contributed by atoms with E-state index in [1.54, 1.807) is 14.2 Å². The fourth-order valence-corrected chi connectivity index (χ4v) is 1.73. The zero-order valence-electron chi connectivity index (χ0n) is 10.7. The standard InChI is InChI=1S/C12H27NO2/c1-11(5-7-14-3)9-12(2)10-13-6-8-15-4/h11-13H,5-10H2,1-4H3. The largest absolute Gasteiger partial charge is 0.385 e. The number of nitrogens with one attached hydrogen (secondary N) is 1. The van der Waals surface area contributed by atoms with Crippen LogP contribution in [0.1, 0.15) is 26.7 Å². The second kappa shape index (κ2) is 10.4. The molecule has 0 aromatic carbocycles. The maximum absolute atomic E-state index is 5.07. The topological polar surface area (TPSA) is 30.5 Å². The van der Waals surface area contributed by atoms with E-state index in [9.17, 15) is 0 Å². The summed E-state index contributed by atoms with van der Waals surface area (Å²) in [6.45, 7) is 8.30. The smallest absolute Gasteiger partial charge is 0.0587 e. The van der Waals surface area contributed by atoms with Gasteiger partial charge in [-0.25, -0.2) is 0 Å². The third-order valence-electron chi connectivity index (χ3n) is 2.60. The second-order valence-corrected chi connectivity index (χ2v) is 4.42. The minimum absolute atomic E-state index is 0.730. The minimum atomic E-state index is 0.730. The van der Waals surface area contributed by atoms with Gasteiger partial charge in [0, 0.05) is 27.4 Å². The van der Waals surface area contributed by atoms with E-state index in [0.717, 1.165) is 38.1 Å². The highest BCUT2D eigenvalue weighted by Crippen LogP contribution is 2.14. The molecular formula is C12H27NO2. The Bertz CT molecular complexity index is 131. The first-order valence-electron chi connectivity index (χ1n) is 5.89. The van der Waals surface area contributed by atoms with Crippen LogP contribution in [0.4, 0.5) is 0 Å². The highest BCUT2D eigenvalue weighted by atomic mass is 16.5. The van der Waals surface area contributed by atoms with Crippen LogP contribution in [-0.2, 0) is 9.47 Å². The average molecular weight is 217 g/mol. The number of hydrogen-bond donors (Lipinski definition) is 1. The monoisotopic (exact) mass is 217 g/mol. The van der Waals surface area contributed by atoms with Crippen LogP contribution in [0, 0.1) is 11.8 Å². The van der Waals surface area contributed by atoms with Crippen LogP contribution < -0.4 is 5.32 Å². The average Bonchev–Trinajstić information content (AvgIpc) is 2.21. The van der Waals surface area contributed by atoms with E-state index in [0.29, 0.717) is 0 Å². The molecule has 2 unspecified atom stereocenters. The molecule has 3 heteroatoms. The molecule has 0 saturated carbocycles. The molecule has 0 aliphatic rings. The van der Waals surface area contributed by atoms with Crippen molar-refractivity contribution in [1.82, 2.24) is 5.32 Å². The Labute approximate surface area is 94.5 Å². The maximum atomic E-state index is 5.07. The molecule has 0 rings (SSSR count). The van der Waals surface area contributed by atoms with E-state index in [1.165, 1.54) is 12.8 Å². The lowest BCUT2D eigenvalue weighted by Crippen LogP contribution is -2.25. The van der Waals surface area contributed by atoms with Gasteiger partial charge in [-0.1, -0.05) is 13.8 Å². The molecule has 15 heavy (non-hydrogen) atoms. The molecule has 1 N–H and O–H groups in total. The Balaban J connectivity index is 3.33. The van der Waals surface area contributed by atoms with E-state index in [-0.39, 0.29) is 0 Å². The molecule has 0 aliphatic carbocycles. The molecule has 0 aromatic rings. The van der Waals surface area contributed by atoms with Crippen molar-refractivity contribution in [1.29, 1.82) is 0 Å². The summed E-state index contributed by atoms with van der Waals surface area (Å²) in [6.07, 6.45) is 2.43. The third kappa shape index (κ3) is 10.2. The van der Waals surface area contributed by atoms with Gasteiger partial charge < -0.3 is 14.8 Å². The lowest BCUT2D eigenvalue weighted by molar-refractivity contribution is 0.173. The van der Waals surface area contributed by atoms with Crippen molar-refractivity contribution in [3.8, 4) is 0 Å². The zero-order chi connectivity index (χ0) is 11.5. The first kappa shape index (κ1) is 14.9. The number of hydrogen-bond acceptors (Lipinski definition) is 3. The fourth-order valence-electron chi connectivity index (χ4n) is 1.73. The number of ether oxygens (including phenoxy) is 2. The van der Waals surface area contributed by atoms with Crippen molar-refractivity contribution in [2.45, 2.75) is 26.7 Å². The Morgan fingerprint density at radius 3 is 2.27 bits per heavy atom. The molecule has 0 aliphatic heterocycles. The van der Waals surface area contributed by atoms with Crippen molar-refractivity contribution < 1.29 is 9.47 Å². The van der Waals surface area contributed by atoms with Crippen molar-refractivity contribution in [2.24, 2.45) is 11.8 Å². The molecule has 0 aromatic heterocycles. The molecule has 0 radical (unpaired) electrons. The Morgan fingerprint density at radius 1 is 1.00 bits per heavy atom. The first-order valence-corrected chi connectivity index (χ1v) is 5.89. The summed E-state index contributed by atoms with van der Waals surface area (Å²) in [7, 11) is 3.50. The first-order chi connectivity index (χ1) is 7.20. The lowest BCUT2D eigenvalue weighted by atomic mass is 9.95. The molecule has 2 atom stereocenters. The number of rotatable bonds is 10. The van der Waals surface area contributed by atoms with Gasteiger partial charge in [0.1, 0.15) is 0 Å². The Kier molecular flexibility index (Phi) is 10.3. The van der Waals surface area contributed by atoms with Gasteiger partial charge in [0.2, 0.25) is 0 Å². The van der Waals surface area contributed by atoms with Crippen LogP contribution in [0.15, 0.2) is 0 Å². The van der Waals surface area contributed by atoms with Crippen LogP contribution in [0.5, 0.6) is 0 Å². The summed E-state index contributed by atoms with van der Waals surface area (Å²) in [5, 5.41) is 3.39. The fraction of sp³-hybridized carbons (Fsp3) is 1.00. The van der Waals surface area contributed by atoms with Gasteiger partial charge in [-0.05, 0) is 31.2 Å². The van der Waals surface area contributed by atoms with Crippen LogP contribution in [-0.4, -0.2) is 40.5 Å². The molecular weight excluding hydrogens is 190 g/mol. The van der Waals surface area contributed by atoms with Crippen molar-refractivity contribution in [2.75, 3.05) is 40.5 Å². The minimum Gasteiger partial charge on any atom is -0.385 e. The van der Waals surface area contributed by atoms with Crippen molar-refractivity contribution >= 4 is 0 Å². The molecule has 0 saturated heterocycles. The van der Waals surface area contributed by atoms with E-state index in [4.69, 9.17) is 9.47 Å².